The highest BCUT2D eigenvalue weighted by molar-refractivity contribution is 7.51. The molecule has 3 fully saturated rings. The molecule has 222 valence electrons. The van der Waals surface area contributed by atoms with Gasteiger partial charge >= 0.3 is 7.60 Å². The number of rotatable bonds is 6. The molecule has 0 saturated carbocycles. The van der Waals surface area contributed by atoms with Crippen LogP contribution >= 0.6 is 18.9 Å². The maximum absolute atomic E-state index is 14.2. The van der Waals surface area contributed by atoms with Crippen molar-refractivity contribution in [2.75, 3.05) is 6.54 Å². The molecule has 0 aliphatic carbocycles. The molecule has 0 spiro atoms. The molecule has 0 radical (unpaired) electrons. The Bertz CT molecular complexity index is 1580. The second-order valence-electron chi connectivity index (χ2n) is 11.4. The Kier molecular flexibility index (Phi) is 7.67. The number of hydrogen-bond acceptors (Lipinski definition) is 6. The van der Waals surface area contributed by atoms with Gasteiger partial charge in [0.15, 0.2) is 0 Å². The fraction of sp³-hybridized carbons (Fsp3) is 0.448. The number of hydrogen-bond donors (Lipinski definition) is 3. The topological polar surface area (TPSA) is 140 Å². The average Bonchev–Trinajstić information content (AvgIpc) is 3.55. The number of pyridine rings is 1. The summed E-state index contributed by atoms with van der Waals surface area (Å²) >= 11 is 1.15. The summed E-state index contributed by atoms with van der Waals surface area (Å²) in [6, 6.07) is 8.20. The average molecular weight is 615 g/mol. The van der Waals surface area contributed by atoms with E-state index in [1.54, 1.807) is 11.1 Å². The standard InChI is InChI=1S/C29H32FN4O6PS/c1-16-21(18-4-3-11-31-14-18)15-33(16)29(37)23-9-8-20-5-2-6-22(28(36)34(20)23)32-27(35)25-13-19-12-17(7-10-24(19)42-25)26(30)41(38,39)40/h3-4,7,10-14,16,20-23,26H,2,5-6,8-9,15H2,1H3,(H,32,35)(H2,38,39,40)/t16-,20+,21+,22+,23+,26?/m1/s1. The molecule has 6 rings (SSSR count). The number of alkyl halides is 1. The first-order chi connectivity index (χ1) is 20.0. The summed E-state index contributed by atoms with van der Waals surface area (Å²) < 4.78 is 26.2. The number of nitrogens with one attached hydrogen (secondary N) is 1. The Morgan fingerprint density at radius 2 is 1.98 bits per heavy atom. The number of fused-ring (bicyclic) bond motifs is 2. The number of benzene rings is 1. The van der Waals surface area contributed by atoms with Crippen LogP contribution in [0, 0.1) is 0 Å². The van der Waals surface area contributed by atoms with E-state index in [1.165, 1.54) is 24.3 Å². The van der Waals surface area contributed by atoms with E-state index in [9.17, 15) is 33.1 Å². The number of likely N-dealkylation sites (tertiary alicyclic amines) is 1. The summed E-state index contributed by atoms with van der Waals surface area (Å²) in [5.74, 6) is -3.00. The van der Waals surface area contributed by atoms with Crippen molar-refractivity contribution in [3.05, 3.63) is 64.8 Å². The Balaban J connectivity index is 1.15. The maximum Gasteiger partial charge on any atom is 0.363 e. The van der Waals surface area contributed by atoms with E-state index >= 15 is 0 Å². The summed E-state index contributed by atoms with van der Waals surface area (Å²) in [6.07, 6.45) is 6.86. The van der Waals surface area contributed by atoms with Gasteiger partial charge in [-0.3, -0.25) is 23.9 Å². The molecular weight excluding hydrogens is 582 g/mol. The molecule has 6 atom stereocenters. The van der Waals surface area contributed by atoms with Crippen LogP contribution in [0.5, 0.6) is 0 Å². The first kappa shape index (κ1) is 28.9. The summed E-state index contributed by atoms with van der Waals surface area (Å²) in [5.41, 5.74) is 0.925. The number of halogens is 1. The first-order valence-electron chi connectivity index (χ1n) is 14.1. The molecule has 3 amide bonds. The van der Waals surface area contributed by atoms with Gasteiger partial charge in [0.05, 0.1) is 4.88 Å². The van der Waals surface area contributed by atoms with E-state index < -0.39 is 31.5 Å². The minimum absolute atomic E-state index is 0.00109. The zero-order valence-electron chi connectivity index (χ0n) is 22.9. The number of thiophene rings is 1. The SMILES string of the molecule is C[C@@H]1[C@@H](c2cccnc2)CN1C(=O)[C@@H]1CC[C@@H]2CCC[C@H](NC(=O)c3cc4cc(C(F)P(=O)(O)O)ccc4s3)C(=O)N21. The zero-order valence-corrected chi connectivity index (χ0v) is 24.6. The highest BCUT2D eigenvalue weighted by Crippen LogP contribution is 2.53. The number of amides is 3. The molecule has 3 aliphatic rings. The molecule has 1 aromatic carbocycles. The van der Waals surface area contributed by atoms with Crippen LogP contribution in [0.4, 0.5) is 4.39 Å². The van der Waals surface area contributed by atoms with Gasteiger partial charge in [0.2, 0.25) is 17.7 Å². The summed E-state index contributed by atoms with van der Waals surface area (Å²) in [7, 11) is -4.97. The molecule has 42 heavy (non-hydrogen) atoms. The lowest BCUT2D eigenvalue weighted by Crippen LogP contribution is -2.62. The van der Waals surface area contributed by atoms with Crippen LogP contribution in [0.25, 0.3) is 10.1 Å². The molecule has 3 N–H and O–H groups in total. The van der Waals surface area contributed by atoms with E-state index in [4.69, 9.17) is 0 Å². The maximum atomic E-state index is 14.2. The monoisotopic (exact) mass is 614 g/mol. The van der Waals surface area contributed by atoms with Crippen molar-refractivity contribution in [1.29, 1.82) is 0 Å². The molecule has 5 heterocycles. The van der Waals surface area contributed by atoms with Crippen molar-refractivity contribution in [1.82, 2.24) is 20.1 Å². The van der Waals surface area contributed by atoms with E-state index in [0.717, 1.165) is 36.2 Å². The largest absolute Gasteiger partial charge is 0.363 e. The van der Waals surface area contributed by atoms with Gasteiger partial charge < -0.3 is 24.9 Å². The van der Waals surface area contributed by atoms with Gasteiger partial charge in [-0.2, -0.15) is 0 Å². The summed E-state index contributed by atoms with van der Waals surface area (Å²) in [5, 5.41) is 3.34. The van der Waals surface area contributed by atoms with Crippen molar-refractivity contribution in [2.45, 2.75) is 75.0 Å². The van der Waals surface area contributed by atoms with Crippen LogP contribution in [-0.2, 0) is 14.2 Å². The Morgan fingerprint density at radius 1 is 1.17 bits per heavy atom. The second-order valence-corrected chi connectivity index (χ2v) is 14.1. The van der Waals surface area contributed by atoms with E-state index in [1.807, 2.05) is 30.2 Å². The van der Waals surface area contributed by atoms with Gasteiger partial charge in [-0.1, -0.05) is 12.1 Å². The molecular formula is C29H32FN4O6PS. The van der Waals surface area contributed by atoms with Gasteiger partial charge in [0, 0.05) is 41.6 Å². The van der Waals surface area contributed by atoms with Crippen LogP contribution in [0.2, 0.25) is 0 Å². The minimum Gasteiger partial charge on any atom is -0.340 e. The highest BCUT2D eigenvalue weighted by atomic mass is 32.1. The number of carbonyl (C=O) groups is 3. The van der Waals surface area contributed by atoms with Crippen LogP contribution in [0.15, 0.2) is 48.8 Å². The normalized spacial score (nSPS) is 26.9. The summed E-state index contributed by atoms with van der Waals surface area (Å²) in [6.45, 7) is 2.60. The van der Waals surface area contributed by atoms with E-state index in [-0.39, 0.29) is 35.4 Å². The third-order valence-corrected chi connectivity index (χ3v) is 10.9. The Labute approximate surface area is 246 Å². The van der Waals surface area contributed by atoms with Crippen molar-refractivity contribution in [3.63, 3.8) is 0 Å². The molecule has 3 aromatic rings. The molecule has 0 bridgehead atoms. The van der Waals surface area contributed by atoms with Crippen LogP contribution in [0.1, 0.15) is 71.7 Å². The third kappa shape index (κ3) is 5.25. The number of aromatic nitrogens is 1. The molecule has 3 saturated heterocycles. The molecule has 13 heteroatoms. The van der Waals surface area contributed by atoms with Gasteiger partial charge in [0.25, 0.3) is 5.91 Å². The lowest BCUT2D eigenvalue weighted by molar-refractivity contribution is -0.151. The quantitative estimate of drug-likeness (QED) is 0.355. The van der Waals surface area contributed by atoms with E-state index in [2.05, 4.69) is 10.3 Å². The minimum atomic E-state index is -4.97. The lowest BCUT2D eigenvalue weighted by atomic mass is 9.83. The van der Waals surface area contributed by atoms with Crippen molar-refractivity contribution >= 4 is 46.7 Å². The van der Waals surface area contributed by atoms with Gasteiger partial charge in [0.1, 0.15) is 12.1 Å². The highest BCUT2D eigenvalue weighted by Gasteiger charge is 2.49. The van der Waals surface area contributed by atoms with Crippen LogP contribution < -0.4 is 5.32 Å². The number of carbonyl (C=O) groups excluding carboxylic acids is 3. The van der Waals surface area contributed by atoms with Gasteiger partial charge in [-0.15, -0.1) is 11.3 Å². The van der Waals surface area contributed by atoms with E-state index in [0.29, 0.717) is 34.3 Å². The predicted molar refractivity (Wildman–Crippen MR) is 155 cm³/mol. The Morgan fingerprint density at radius 3 is 2.69 bits per heavy atom. The number of nitrogens with zero attached hydrogens (tertiary/aromatic N) is 3. The van der Waals surface area contributed by atoms with Gasteiger partial charge in [-0.25, -0.2) is 4.39 Å². The van der Waals surface area contributed by atoms with Crippen LogP contribution in [0.3, 0.4) is 0 Å². The molecule has 2 aromatic heterocycles. The van der Waals surface area contributed by atoms with Crippen molar-refractivity contribution in [2.24, 2.45) is 0 Å². The first-order valence-corrected chi connectivity index (χ1v) is 16.6. The fourth-order valence-corrected chi connectivity index (χ4v) is 8.05. The smallest absolute Gasteiger partial charge is 0.340 e. The Hall–Kier alpha value is -3.18. The molecule has 3 aliphatic heterocycles. The van der Waals surface area contributed by atoms with Crippen LogP contribution in [-0.4, -0.2) is 73.0 Å². The predicted octanol–water partition coefficient (Wildman–Crippen LogP) is 4.10. The molecule has 10 nitrogen and oxygen atoms in total. The van der Waals surface area contributed by atoms with Crippen molar-refractivity contribution in [3.8, 4) is 0 Å². The molecule has 1 unspecified atom stereocenters. The zero-order chi connectivity index (χ0) is 29.8. The lowest BCUT2D eigenvalue weighted by Gasteiger charge is -2.48. The third-order valence-electron chi connectivity index (χ3n) is 8.87. The second kappa shape index (κ2) is 11.1. The summed E-state index contributed by atoms with van der Waals surface area (Å²) in [4.78, 5) is 67.2. The fourth-order valence-electron chi connectivity index (χ4n) is 6.55. The van der Waals surface area contributed by atoms with Crippen molar-refractivity contribution < 1.29 is 33.1 Å². The van der Waals surface area contributed by atoms with Gasteiger partial charge in [-0.05, 0) is 79.8 Å².